The number of halogens is 3. The van der Waals surface area contributed by atoms with Crippen LogP contribution >= 0.6 is 11.6 Å². The number of aliphatic hydroxyl groups excluding tert-OH is 1. The van der Waals surface area contributed by atoms with Gasteiger partial charge in [-0.15, -0.1) is 0 Å². The SMILES string of the molecule is CC1(F)CCN(C(=O)c2ccc(NC(=O)c3cc(F)ccc3-c3ccccc3)nc2)c2ccc(Cl)cc2[C@@]1(O)CO. The zero-order valence-electron chi connectivity index (χ0n) is 21.9. The molecule has 1 unspecified atom stereocenters. The Morgan fingerprint density at radius 1 is 1.07 bits per heavy atom. The smallest absolute Gasteiger partial charge is 0.259 e. The lowest BCUT2D eigenvalue weighted by Gasteiger charge is -2.37. The van der Waals surface area contributed by atoms with Crippen LogP contribution in [0.5, 0.6) is 0 Å². The first-order chi connectivity index (χ1) is 19.5. The highest BCUT2D eigenvalue weighted by Crippen LogP contribution is 2.46. The molecule has 0 saturated heterocycles. The van der Waals surface area contributed by atoms with Crippen LogP contribution in [0.15, 0.2) is 85.1 Å². The number of amides is 2. The minimum atomic E-state index is -2.29. The average molecular weight is 578 g/mol. The number of carbonyl (C=O) groups excluding carboxylic acids is 2. The largest absolute Gasteiger partial charge is 0.393 e. The zero-order valence-corrected chi connectivity index (χ0v) is 22.7. The van der Waals surface area contributed by atoms with Gasteiger partial charge in [-0.05, 0) is 60.5 Å². The van der Waals surface area contributed by atoms with E-state index in [1.165, 1.54) is 60.5 Å². The van der Waals surface area contributed by atoms with Gasteiger partial charge < -0.3 is 20.4 Å². The summed E-state index contributed by atoms with van der Waals surface area (Å²) in [6.07, 6.45) is 0.996. The van der Waals surface area contributed by atoms with Gasteiger partial charge in [0, 0.05) is 29.7 Å². The number of anilines is 2. The zero-order chi connectivity index (χ0) is 29.4. The lowest BCUT2D eigenvalue weighted by molar-refractivity contribution is -0.130. The van der Waals surface area contributed by atoms with Crippen molar-refractivity contribution in [3.63, 3.8) is 0 Å². The molecule has 10 heteroatoms. The van der Waals surface area contributed by atoms with Gasteiger partial charge in [0.2, 0.25) is 0 Å². The van der Waals surface area contributed by atoms with Crippen molar-refractivity contribution in [3.05, 3.63) is 113 Å². The highest BCUT2D eigenvalue weighted by Gasteiger charge is 2.52. The lowest BCUT2D eigenvalue weighted by atomic mass is 9.79. The first-order valence-electron chi connectivity index (χ1n) is 12.8. The number of hydrogen-bond donors (Lipinski definition) is 3. The quantitative estimate of drug-likeness (QED) is 0.280. The number of aliphatic hydroxyl groups is 2. The standard InChI is InChI=1S/C31H26ClF2N3O4/c1-30(34)13-14-37(26-11-8-21(32)15-25(26)31(30,41)18-38)29(40)20-7-12-27(35-17-20)36-28(39)24-16-22(33)9-10-23(24)19-5-3-2-4-6-19/h2-12,15-17,38,41H,13-14,18H2,1H3,(H,35,36,39)/t30?,31-/m0/s1. The molecule has 7 nitrogen and oxygen atoms in total. The molecule has 41 heavy (non-hydrogen) atoms. The van der Waals surface area contributed by atoms with Crippen LogP contribution in [0.1, 0.15) is 39.6 Å². The van der Waals surface area contributed by atoms with Crippen LogP contribution in [0.25, 0.3) is 11.1 Å². The molecule has 1 aliphatic heterocycles. The summed E-state index contributed by atoms with van der Waals surface area (Å²) < 4.78 is 29.7. The fraction of sp³-hybridized carbons (Fsp3) is 0.194. The highest BCUT2D eigenvalue weighted by molar-refractivity contribution is 6.30. The van der Waals surface area contributed by atoms with E-state index in [-0.39, 0.29) is 46.2 Å². The van der Waals surface area contributed by atoms with Crippen molar-refractivity contribution in [1.29, 1.82) is 0 Å². The molecule has 1 aliphatic rings. The van der Waals surface area contributed by atoms with Gasteiger partial charge in [0.15, 0.2) is 0 Å². The van der Waals surface area contributed by atoms with Gasteiger partial charge in [0.1, 0.15) is 22.9 Å². The molecule has 210 valence electrons. The van der Waals surface area contributed by atoms with Gasteiger partial charge in [-0.25, -0.2) is 13.8 Å². The third kappa shape index (κ3) is 5.31. The summed E-state index contributed by atoms with van der Waals surface area (Å²) in [7, 11) is 0. The molecular formula is C31H26ClF2N3O4. The number of fused-ring (bicyclic) bond motifs is 1. The van der Waals surface area contributed by atoms with Gasteiger partial charge in [0.25, 0.3) is 11.8 Å². The fourth-order valence-electron chi connectivity index (χ4n) is 4.97. The topological polar surface area (TPSA) is 103 Å². The first-order valence-corrected chi connectivity index (χ1v) is 13.2. The normalized spacial score (nSPS) is 20.2. The average Bonchev–Trinajstić information content (AvgIpc) is 3.05. The maximum absolute atomic E-state index is 15.6. The molecule has 0 radical (unpaired) electrons. The van der Waals surface area contributed by atoms with E-state index in [2.05, 4.69) is 10.3 Å². The molecule has 2 amide bonds. The fourth-order valence-corrected chi connectivity index (χ4v) is 5.15. The Kier molecular flexibility index (Phi) is 7.61. The number of rotatable bonds is 5. The maximum Gasteiger partial charge on any atom is 0.259 e. The summed E-state index contributed by atoms with van der Waals surface area (Å²) >= 11 is 6.12. The van der Waals surface area contributed by atoms with Crippen LogP contribution in [0.4, 0.5) is 20.3 Å². The van der Waals surface area contributed by atoms with E-state index >= 15 is 4.39 Å². The summed E-state index contributed by atoms with van der Waals surface area (Å²) in [5, 5.41) is 24.0. The predicted octanol–water partition coefficient (Wildman–Crippen LogP) is 5.75. The number of hydrogen-bond acceptors (Lipinski definition) is 5. The van der Waals surface area contributed by atoms with Crippen LogP contribution in [0, 0.1) is 5.82 Å². The van der Waals surface area contributed by atoms with Gasteiger partial charge in [-0.1, -0.05) is 48.0 Å². The van der Waals surface area contributed by atoms with Crippen LogP contribution < -0.4 is 10.2 Å². The van der Waals surface area contributed by atoms with Gasteiger partial charge in [-0.2, -0.15) is 0 Å². The minimum Gasteiger partial charge on any atom is -0.393 e. The van der Waals surface area contributed by atoms with E-state index in [9.17, 15) is 24.2 Å². The van der Waals surface area contributed by atoms with Crippen molar-refractivity contribution in [2.24, 2.45) is 0 Å². The number of carbonyl (C=O) groups is 2. The first kappa shape index (κ1) is 28.4. The van der Waals surface area contributed by atoms with Crippen molar-refractivity contribution in [2.75, 3.05) is 23.4 Å². The van der Waals surface area contributed by atoms with Crippen molar-refractivity contribution in [1.82, 2.24) is 4.98 Å². The van der Waals surface area contributed by atoms with Crippen molar-refractivity contribution in [2.45, 2.75) is 24.6 Å². The molecule has 0 spiro atoms. The van der Waals surface area contributed by atoms with Crippen molar-refractivity contribution < 1.29 is 28.6 Å². The van der Waals surface area contributed by atoms with Crippen LogP contribution in [-0.2, 0) is 5.60 Å². The Hall–Kier alpha value is -4.18. The second kappa shape index (κ2) is 11.0. The molecule has 4 aromatic rings. The molecule has 2 heterocycles. The second-order valence-electron chi connectivity index (χ2n) is 10.0. The summed E-state index contributed by atoms with van der Waals surface area (Å²) in [5.74, 6) is -1.56. The van der Waals surface area contributed by atoms with E-state index in [4.69, 9.17) is 11.6 Å². The second-order valence-corrected chi connectivity index (χ2v) is 10.5. The van der Waals surface area contributed by atoms with Crippen molar-refractivity contribution >= 4 is 34.9 Å². The summed E-state index contributed by atoms with van der Waals surface area (Å²) in [5.41, 5.74) is -2.83. The maximum atomic E-state index is 15.6. The Balaban J connectivity index is 1.41. The van der Waals surface area contributed by atoms with Crippen LogP contribution in [0.2, 0.25) is 5.02 Å². The Morgan fingerprint density at radius 3 is 2.51 bits per heavy atom. The predicted molar refractivity (Wildman–Crippen MR) is 152 cm³/mol. The van der Waals surface area contributed by atoms with Crippen LogP contribution in [-0.4, -0.2) is 45.8 Å². The third-order valence-corrected chi connectivity index (χ3v) is 7.63. The molecule has 5 rings (SSSR count). The van der Waals surface area contributed by atoms with E-state index in [1.54, 1.807) is 0 Å². The van der Waals surface area contributed by atoms with E-state index in [0.717, 1.165) is 11.6 Å². The molecule has 2 atom stereocenters. The molecule has 0 fully saturated rings. The molecule has 3 aromatic carbocycles. The number of nitrogens with one attached hydrogen (secondary N) is 1. The number of nitrogens with zero attached hydrogens (tertiary/aromatic N) is 2. The Bertz CT molecular complexity index is 1620. The summed E-state index contributed by atoms with van der Waals surface area (Å²) in [6, 6.07) is 20.2. The van der Waals surface area contributed by atoms with Gasteiger partial charge in [0.05, 0.1) is 23.4 Å². The third-order valence-electron chi connectivity index (χ3n) is 7.40. The Morgan fingerprint density at radius 2 is 1.83 bits per heavy atom. The molecule has 3 N–H and O–H groups in total. The molecule has 0 saturated carbocycles. The minimum absolute atomic E-state index is 0.00972. The van der Waals surface area contributed by atoms with E-state index < -0.39 is 35.5 Å². The molecule has 0 bridgehead atoms. The number of benzene rings is 3. The molecule has 0 aliphatic carbocycles. The summed E-state index contributed by atoms with van der Waals surface area (Å²) in [6.45, 7) is 0.161. The van der Waals surface area contributed by atoms with Gasteiger partial charge in [-0.3, -0.25) is 9.59 Å². The number of aromatic nitrogens is 1. The number of pyridine rings is 1. The van der Waals surface area contributed by atoms with E-state index in [0.29, 0.717) is 5.56 Å². The summed E-state index contributed by atoms with van der Waals surface area (Å²) in [4.78, 5) is 32.1. The van der Waals surface area contributed by atoms with Gasteiger partial charge >= 0.3 is 0 Å². The monoisotopic (exact) mass is 577 g/mol. The van der Waals surface area contributed by atoms with Crippen LogP contribution in [0.3, 0.4) is 0 Å². The molecular weight excluding hydrogens is 552 g/mol. The number of alkyl halides is 1. The highest BCUT2D eigenvalue weighted by atomic mass is 35.5. The van der Waals surface area contributed by atoms with Crippen molar-refractivity contribution in [3.8, 4) is 11.1 Å². The molecule has 1 aromatic heterocycles. The lowest BCUT2D eigenvalue weighted by Crippen LogP contribution is -2.49. The van der Waals surface area contributed by atoms with E-state index in [1.807, 2.05) is 30.3 Å². The Labute approximate surface area is 240 Å².